The standard InChI is InChI=1S/C14H19N3O.C6H8O7/c1-15-10-11-18-14(12-6-4-3-5-7-12)13-8-9-16-17(13)2;7-3(8)1-6(13,5(11)12)2-4(9)10/h3-9,14-15H,10-11H2,1-2H3;13H,1-2H2,(H,7,8)(H,9,10)(H,11,12)/t14-;/m0./s1. The van der Waals surface area contributed by atoms with Gasteiger partial charge in [0.1, 0.15) is 6.10 Å². The summed E-state index contributed by atoms with van der Waals surface area (Å²) in [5.74, 6) is -5.02. The molecule has 11 heteroatoms. The third-order valence-corrected chi connectivity index (χ3v) is 4.15. The Balaban J connectivity index is 0.000000330. The number of aliphatic hydroxyl groups is 1. The molecule has 0 bridgehead atoms. The van der Waals surface area contributed by atoms with E-state index in [2.05, 4.69) is 22.5 Å². The number of hydrogen-bond acceptors (Lipinski definition) is 7. The maximum Gasteiger partial charge on any atom is 0.336 e. The van der Waals surface area contributed by atoms with Crippen LogP contribution in [0.1, 0.15) is 30.2 Å². The number of hydrogen-bond donors (Lipinski definition) is 5. The van der Waals surface area contributed by atoms with E-state index >= 15 is 0 Å². The summed E-state index contributed by atoms with van der Waals surface area (Å²) >= 11 is 0. The average molecular weight is 437 g/mol. The molecular formula is C20H27N3O8. The van der Waals surface area contributed by atoms with Gasteiger partial charge in [0.2, 0.25) is 0 Å². The molecule has 0 saturated heterocycles. The smallest absolute Gasteiger partial charge is 0.336 e. The number of aryl methyl sites for hydroxylation is 1. The third-order valence-electron chi connectivity index (χ3n) is 4.15. The van der Waals surface area contributed by atoms with Gasteiger partial charge in [-0.1, -0.05) is 30.3 Å². The number of carbonyl (C=O) groups is 3. The molecule has 0 aliphatic heterocycles. The van der Waals surface area contributed by atoms with E-state index in [-0.39, 0.29) is 6.10 Å². The molecule has 0 aliphatic carbocycles. The fourth-order valence-electron chi connectivity index (χ4n) is 2.61. The predicted octanol–water partition coefficient (Wildman–Crippen LogP) is 0.497. The Labute approximate surface area is 178 Å². The highest BCUT2D eigenvalue weighted by molar-refractivity contribution is 5.88. The number of aromatic nitrogens is 2. The van der Waals surface area contributed by atoms with Crippen LogP contribution in [-0.4, -0.2) is 73.9 Å². The lowest BCUT2D eigenvalue weighted by Crippen LogP contribution is -2.42. The van der Waals surface area contributed by atoms with Crippen molar-refractivity contribution in [3.05, 3.63) is 53.9 Å². The molecule has 0 aliphatic rings. The van der Waals surface area contributed by atoms with E-state index in [4.69, 9.17) is 25.2 Å². The Kier molecular flexibility index (Phi) is 10.3. The first-order chi connectivity index (χ1) is 14.6. The summed E-state index contributed by atoms with van der Waals surface area (Å²) in [6.07, 6.45) is -0.553. The fraction of sp³-hybridized carbons (Fsp3) is 0.400. The van der Waals surface area contributed by atoms with E-state index in [1.54, 1.807) is 6.20 Å². The summed E-state index contributed by atoms with van der Waals surface area (Å²) in [7, 11) is 3.86. The lowest BCUT2D eigenvalue weighted by molar-refractivity contribution is -0.170. The maximum absolute atomic E-state index is 10.3. The van der Waals surface area contributed by atoms with Crippen LogP contribution in [0.5, 0.6) is 0 Å². The number of aliphatic carboxylic acids is 3. The van der Waals surface area contributed by atoms with Crippen molar-refractivity contribution in [1.82, 2.24) is 15.1 Å². The largest absolute Gasteiger partial charge is 0.481 e. The second kappa shape index (κ2) is 12.4. The number of likely N-dealkylation sites (N-methyl/N-ethyl adjacent to an activating group) is 1. The first kappa shape index (κ1) is 25.8. The maximum atomic E-state index is 10.3. The second-order valence-corrected chi connectivity index (χ2v) is 6.62. The summed E-state index contributed by atoms with van der Waals surface area (Å²) in [5, 5.41) is 41.1. The molecular weight excluding hydrogens is 410 g/mol. The van der Waals surface area contributed by atoms with E-state index in [1.165, 1.54) is 0 Å². The molecule has 31 heavy (non-hydrogen) atoms. The Morgan fingerprint density at radius 1 is 1.10 bits per heavy atom. The van der Waals surface area contributed by atoms with Crippen molar-refractivity contribution in [2.24, 2.45) is 7.05 Å². The number of nitrogens with zero attached hydrogens (tertiary/aromatic N) is 2. The van der Waals surface area contributed by atoms with E-state index in [9.17, 15) is 14.4 Å². The number of carboxylic acids is 3. The van der Waals surface area contributed by atoms with Crippen molar-refractivity contribution < 1.29 is 39.5 Å². The Bertz CT molecular complexity index is 837. The SMILES string of the molecule is CNCCO[C@@H](c1ccccc1)c1ccnn1C.O=C(O)CC(O)(CC(=O)O)C(=O)O. The fourth-order valence-corrected chi connectivity index (χ4v) is 2.61. The van der Waals surface area contributed by atoms with Crippen molar-refractivity contribution in [2.45, 2.75) is 24.5 Å². The first-order valence-electron chi connectivity index (χ1n) is 9.29. The topological polar surface area (TPSA) is 171 Å². The van der Waals surface area contributed by atoms with Gasteiger partial charge in [-0.3, -0.25) is 14.3 Å². The van der Waals surface area contributed by atoms with Crippen LogP contribution < -0.4 is 5.32 Å². The van der Waals surface area contributed by atoms with Gasteiger partial charge < -0.3 is 30.5 Å². The molecule has 0 spiro atoms. The molecule has 0 saturated carbocycles. The number of ether oxygens (including phenoxy) is 1. The zero-order chi connectivity index (χ0) is 23.4. The Morgan fingerprint density at radius 2 is 1.68 bits per heavy atom. The van der Waals surface area contributed by atoms with Crippen molar-refractivity contribution in [1.29, 1.82) is 0 Å². The molecule has 0 unspecified atom stereocenters. The van der Waals surface area contributed by atoms with E-state index < -0.39 is 36.4 Å². The number of benzene rings is 1. The van der Waals surface area contributed by atoms with Crippen LogP contribution in [0.3, 0.4) is 0 Å². The van der Waals surface area contributed by atoms with Crippen LogP contribution in [0.15, 0.2) is 42.6 Å². The minimum atomic E-state index is -2.74. The van der Waals surface area contributed by atoms with Crippen molar-refractivity contribution in [3.8, 4) is 0 Å². The monoisotopic (exact) mass is 437 g/mol. The summed E-state index contributed by atoms with van der Waals surface area (Å²) in [4.78, 5) is 30.5. The van der Waals surface area contributed by atoms with Gasteiger partial charge in [0.15, 0.2) is 5.60 Å². The van der Waals surface area contributed by atoms with Gasteiger partial charge in [-0.25, -0.2) is 4.79 Å². The quantitative estimate of drug-likeness (QED) is 0.312. The second-order valence-electron chi connectivity index (χ2n) is 6.62. The molecule has 0 radical (unpaired) electrons. The highest BCUT2D eigenvalue weighted by atomic mass is 16.5. The van der Waals surface area contributed by atoms with Crippen LogP contribution in [0.25, 0.3) is 0 Å². The minimum absolute atomic E-state index is 0.0629. The molecule has 170 valence electrons. The van der Waals surface area contributed by atoms with Gasteiger partial charge in [-0.2, -0.15) is 5.10 Å². The molecule has 1 aromatic heterocycles. The van der Waals surface area contributed by atoms with Crippen LogP contribution in [0.4, 0.5) is 0 Å². The molecule has 5 N–H and O–H groups in total. The van der Waals surface area contributed by atoms with Gasteiger partial charge >= 0.3 is 17.9 Å². The van der Waals surface area contributed by atoms with Gasteiger partial charge in [0.05, 0.1) is 25.1 Å². The van der Waals surface area contributed by atoms with Gasteiger partial charge in [0, 0.05) is 19.8 Å². The van der Waals surface area contributed by atoms with Crippen LogP contribution in [0.2, 0.25) is 0 Å². The van der Waals surface area contributed by atoms with Gasteiger partial charge in [-0.05, 0) is 18.7 Å². The van der Waals surface area contributed by atoms with Crippen LogP contribution in [-0.2, 0) is 26.2 Å². The van der Waals surface area contributed by atoms with E-state index in [1.807, 2.05) is 43.0 Å². The van der Waals surface area contributed by atoms with Crippen LogP contribution in [0, 0.1) is 0 Å². The number of carboxylic acid groups (broad SMARTS) is 3. The number of nitrogens with one attached hydrogen (secondary N) is 1. The summed E-state index contributed by atoms with van der Waals surface area (Å²) < 4.78 is 7.83. The molecule has 0 fully saturated rings. The normalized spacial score (nSPS) is 11.8. The Morgan fingerprint density at radius 3 is 2.10 bits per heavy atom. The van der Waals surface area contributed by atoms with Crippen molar-refractivity contribution >= 4 is 17.9 Å². The summed E-state index contributed by atoms with van der Waals surface area (Å²) in [5.41, 5.74) is -0.521. The van der Waals surface area contributed by atoms with Crippen LogP contribution >= 0.6 is 0 Å². The molecule has 0 amide bonds. The molecule has 1 aromatic carbocycles. The first-order valence-corrected chi connectivity index (χ1v) is 9.29. The zero-order valence-corrected chi connectivity index (χ0v) is 17.3. The molecule has 1 atom stereocenters. The van der Waals surface area contributed by atoms with Crippen molar-refractivity contribution in [2.75, 3.05) is 20.2 Å². The lowest BCUT2D eigenvalue weighted by Gasteiger charge is -2.18. The molecule has 2 rings (SSSR count). The number of rotatable bonds is 11. The zero-order valence-electron chi connectivity index (χ0n) is 17.3. The summed E-state index contributed by atoms with van der Waals surface area (Å²) in [6.45, 7) is 1.50. The lowest BCUT2D eigenvalue weighted by atomic mass is 9.96. The van der Waals surface area contributed by atoms with Gasteiger partial charge in [0.25, 0.3) is 0 Å². The predicted molar refractivity (Wildman–Crippen MR) is 108 cm³/mol. The molecule has 2 aromatic rings. The summed E-state index contributed by atoms with van der Waals surface area (Å²) in [6, 6.07) is 12.2. The van der Waals surface area contributed by atoms with Gasteiger partial charge in [-0.15, -0.1) is 0 Å². The third kappa shape index (κ3) is 8.54. The minimum Gasteiger partial charge on any atom is -0.481 e. The average Bonchev–Trinajstić information content (AvgIpc) is 3.11. The Hall–Kier alpha value is -3.28. The molecule has 1 heterocycles. The van der Waals surface area contributed by atoms with E-state index in [0.717, 1.165) is 17.8 Å². The van der Waals surface area contributed by atoms with E-state index in [0.29, 0.717) is 6.61 Å². The highest BCUT2D eigenvalue weighted by Gasteiger charge is 2.40. The highest BCUT2D eigenvalue weighted by Crippen LogP contribution is 2.25. The molecule has 11 nitrogen and oxygen atoms in total. The van der Waals surface area contributed by atoms with Crippen molar-refractivity contribution in [3.63, 3.8) is 0 Å².